The van der Waals surface area contributed by atoms with Crippen LogP contribution in [0.4, 0.5) is 0 Å². The van der Waals surface area contributed by atoms with Gasteiger partial charge < -0.3 is 4.40 Å². The molecule has 86 valence electrons. The summed E-state index contributed by atoms with van der Waals surface area (Å²) in [5.74, 6) is 0. The first-order valence-corrected chi connectivity index (χ1v) is 6.14. The highest BCUT2D eigenvalue weighted by molar-refractivity contribution is 5.40. The van der Waals surface area contributed by atoms with Crippen LogP contribution in [0.3, 0.4) is 0 Å². The highest BCUT2D eigenvalue weighted by Gasteiger charge is 2.26. The van der Waals surface area contributed by atoms with E-state index in [-0.39, 0.29) is 5.41 Å². The van der Waals surface area contributed by atoms with Crippen LogP contribution in [-0.2, 0) is 5.41 Å². The van der Waals surface area contributed by atoms with Crippen molar-refractivity contribution in [3.8, 4) is 0 Å². The lowest BCUT2D eigenvalue weighted by Crippen LogP contribution is -2.20. The lowest BCUT2D eigenvalue weighted by molar-refractivity contribution is 0.404. The molecule has 2 heteroatoms. The van der Waals surface area contributed by atoms with Crippen molar-refractivity contribution in [3.63, 3.8) is 0 Å². The zero-order chi connectivity index (χ0) is 11.6. The van der Waals surface area contributed by atoms with Crippen LogP contribution in [0.2, 0.25) is 0 Å². The second kappa shape index (κ2) is 4.28. The van der Waals surface area contributed by atoms with Crippen LogP contribution in [0.15, 0.2) is 30.6 Å². The van der Waals surface area contributed by atoms with Crippen molar-refractivity contribution in [3.05, 3.63) is 36.3 Å². The van der Waals surface area contributed by atoms with Gasteiger partial charge in [-0.05, 0) is 25.0 Å². The average molecular weight is 216 g/mol. The molecule has 2 aromatic rings. The third-order valence-corrected chi connectivity index (χ3v) is 3.56. The molecule has 0 aromatic carbocycles. The molecule has 0 N–H and O–H groups in total. The lowest BCUT2D eigenvalue weighted by Gasteiger charge is -2.25. The third kappa shape index (κ3) is 1.84. The van der Waals surface area contributed by atoms with E-state index >= 15 is 0 Å². The van der Waals surface area contributed by atoms with Crippen molar-refractivity contribution >= 4 is 5.65 Å². The van der Waals surface area contributed by atoms with E-state index in [0.29, 0.717) is 0 Å². The predicted molar refractivity (Wildman–Crippen MR) is 67.7 cm³/mol. The molecule has 0 amide bonds. The second-order valence-electron chi connectivity index (χ2n) is 4.76. The van der Waals surface area contributed by atoms with E-state index in [1.807, 2.05) is 12.1 Å². The van der Waals surface area contributed by atoms with Crippen LogP contribution in [0, 0.1) is 0 Å². The van der Waals surface area contributed by atoms with Gasteiger partial charge in [0.25, 0.3) is 0 Å². The Morgan fingerprint density at radius 2 is 2.12 bits per heavy atom. The molecule has 0 saturated heterocycles. The average Bonchev–Trinajstić information content (AvgIpc) is 2.73. The van der Waals surface area contributed by atoms with Gasteiger partial charge in [-0.2, -0.15) is 0 Å². The van der Waals surface area contributed by atoms with Crippen molar-refractivity contribution in [2.24, 2.45) is 0 Å². The van der Waals surface area contributed by atoms with Gasteiger partial charge in [-0.15, -0.1) is 0 Å². The Kier molecular flexibility index (Phi) is 2.99. The highest BCUT2D eigenvalue weighted by atomic mass is 15.0. The molecule has 0 fully saturated rings. The molecule has 0 aliphatic rings. The van der Waals surface area contributed by atoms with Gasteiger partial charge in [0.1, 0.15) is 5.65 Å². The Morgan fingerprint density at radius 3 is 2.75 bits per heavy atom. The lowest BCUT2D eigenvalue weighted by atomic mass is 9.80. The van der Waals surface area contributed by atoms with E-state index < -0.39 is 0 Å². The number of hydrogen-bond acceptors (Lipinski definition) is 1. The Balaban J connectivity index is 2.45. The van der Waals surface area contributed by atoms with Gasteiger partial charge >= 0.3 is 0 Å². The summed E-state index contributed by atoms with van der Waals surface area (Å²) in [7, 11) is 0. The zero-order valence-electron chi connectivity index (χ0n) is 10.4. The summed E-state index contributed by atoms with van der Waals surface area (Å²) < 4.78 is 2.11. The summed E-state index contributed by atoms with van der Waals surface area (Å²) in [4.78, 5) is 4.74. The van der Waals surface area contributed by atoms with E-state index in [1.54, 1.807) is 0 Å². The maximum atomic E-state index is 4.74. The molecule has 0 saturated carbocycles. The number of rotatable bonds is 4. The van der Waals surface area contributed by atoms with Crippen LogP contribution < -0.4 is 0 Å². The molecular formula is C14H20N2. The first-order valence-electron chi connectivity index (χ1n) is 6.14. The summed E-state index contributed by atoms with van der Waals surface area (Å²) in [5.41, 5.74) is 2.50. The Hall–Kier alpha value is -1.31. The fraction of sp³-hybridized carbons (Fsp3) is 0.500. The van der Waals surface area contributed by atoms with Gasteiger partial charge in [0.05, 0.1) is 5.69 Å². The van der Waals surface area contributed by atoms with Crippen molar-refractivity contribution < 1.29 is 0 Å². The van der Waals surface area contributed by atoms with Crippen molar-refractivity contribution in [1.29, 1.82) is 0 Å². The molecule has 0 aliphatic carbocycles. The van der Waals surface area contributed by atoms with E-state index in [4.69, 9.17) is 4.98 Å². The summed E-state index contributed by atoms with van der Waals surface area (Å²) >= 11 is 0. The maximum absolute atomic E-state index is 4.74. The summed E-state index contributed by atoms with van der Waals surface area (Å²) in [6.07, 6.45) is 7.79. The van der Waals surface area contributed by atoms with Crippen LogP contribution >= 0.6 is 0 Å². The Morgan fingerprint density at radius 1 is 1.31 bits per heavy atom. The number of fused-ring (bicyclic) bond motifs is 1. The Bertz CT molecular complexity index is 439. The molecule has 2 nitrogen and oxygen atoms in total. The second-order valence-corrected chi connectivity index (χ2v) is 4.76. The monoisotopic (exact) mass is 216 g/mol. The fourth-order valence-electron chi connectivity index (χ4n) is 2.26. The number of imidazole rings is 1. The smallest absolute Gasteiger partial charge is 0.136 e. The van der Waals surface area contributed by atoms with Gasteiger partial charge in [-0.1, -0.05) is 33.3 Å². The highest BCUT2D eigenvalue weighted by Crippen LogP contribution is 2.31. The molecule has 0 bridgehead atoms. The maximum Gasteiger partial charge on any atom is 0.136 e. The van der Waals surface area contributed by atoms with Gasteiger partial charge in [0, 0.05) is 17.8 Å². The van der Waals surface area contributed by atoms with Crippen LogP contribution in [0.1, 0.15) is 45.7 Å². The molecular weight excluding hydrogens is 196 g/mol. The first kappa shape index (κ1) is 11.2. The van der Waals surface area contributed by atoms with Crippen LogP contribution in [0.5, 0.6) is 0 Å². The van der Waals surface area contributed by atoms with E-state index in [0.717, 1.165) is 12.1 Å². The van der Waals surface area contributed by atoms with Crippen LogP contribution in [0.25, 0.3) is 5.65 Å². The van der Waals surface area contributed by atoms with Crippen molar-refractivity contribution in [1.82, 2.24) is 9.38 Å². The predicted octanol–water partition coefficient (Wildman–Crippen LogP) is 3.80. The van der Waals surface area contributed by atoms with E-state index in [1.165, 1.54) is 18.5 Å². The zero-order valence-corrected chi connectivity index (χ0v) is 10.4. The largest absolute Gasteiger partial charge is 0.307 e. The number of hydrogen-bond donors (Lipinski definition) is 0. The van der Waals surface area contributed by atoms with Gasteiger partial charge in [0.15, 0.2) is 0 Å². The van der Waals surface area contributed by atoms with Gasteiger partial charge in [-0.3, -0.25) is 0 Å². The fourth-order valence-corrected chi connectivity index (χ4v) is 2.26. The van der Waals surface area contributed by atoms with Gasteiger partial charge in [0.2, 0.25) is 0 Å². The minimum atomic E-state index is 0.223. The Labute approximate surface area is 97.3 Å². The molecule has 0 spiro atoms. The molecule has 1 atom stereocenters. The minimum absolute atomic E-state index is 0.223. The normalized spacial score (nSPS) is 15.2. The molecule has 0 aliphatic heterocycles. The van der Waals surface area contributed by atoms with Crippen molar-refractivity contribution in [2.75, 3.05) is 0 Å². The minimum Gasteiger partial charge on any atom is -0.307 e. The topological polar surface area (TPSA) is 17.3 Å². The quantitative estimate of drug-likeness (QED) is 0.759. The third-order valence-electron chi connectivity index (χ3n) is 3.56. The summed E-state index contributed by atoms with van der Waals surface area (Å²) in [6.45, 7) is 6.81. The summed E-state index contributed by atoms with van der Waals surface area (Å²) in [5, 5.41) is 0. The van der Waals surface area contributed by atoms with Gasteiger partial charge in [-0.25, -0.2) is 4.98 Å². The molecule has 1 unspecified atom stereocenters. The summed E-state index contributed by atoms with van der Waals surface area (Å²) in [6, 6.07) is 6.14. The molecule has 2 aromatic heterocycles. The number of nitrogens with zero attached hydrogens (tertiary/aromatic N) is 2. The number of aromatic nitrogens is 2. The molecule has 0 radical (unpaired) electrons. The standard InChI is InChI=1S/C14H20N2/c1-4-9-14(3,5-2)12-11-16-10-7-6-8-13(16)15-12/h6-8,10-11H,4-5,9H2,1-3H3. The van der Waals surface area contributed by atoms with E-state index in [2.05, 4.69) is 43.6 Å². The molecule has 16 heavy (non-hydrogen) atoms. The number of pyridine rings is 1. The van der Waals surface area contributed by atoms with E-state index in [9.17, 15) is 0 Å². The molecule has 2 heterocycles. The van der Waals surface area contributed by atoms with Crippen LogP contribution in [-0.4, -0.2) is 9.38 Å². The SMILES string of the molecule is CCCC(C)(CC)c1cn2ccccc2n1. The first-order chi connectivity index (χ1) is 7.69. The van der Waals surface area contributed by atoms with Crippen molar-refractivity contribution in [2.45, 2.75) is 45.4 Å². The molecule has 2 rings (SSSR count).